The number of halogens is 2. The van der Waals surface area contributed by atoms with Crippen molar-refractivity contribution in [1.82, 2.24) is 20.8 Å². The highest BCUT2D eigenvalue weighted by molar-refractivity contribution is 7.92. The number of carbonyl (C=O) groups is 2. The SMILES string of the molecule is COc1ncc(-c2ccc3ncc(C(=O)NCCCCCCC(=O)NO)cc3c2)cc1NS(=O)(=O)c1ccc(F)cc1F. The van der Waals surface area contributed by atoms with Gasteiger partial charge in [-0.2, -0.15) is 0 Å². The molecule has 0 atom stereocenters. The summed E-state index contributed by atoms with van der Waals surface area (Å²) in [6.07, 6.45) is 6.15. The number of rotatable bonds is 13. The van der Waals surface area contributed by atoms with Gasteiger partial charge in [-0.15, -0.1) is 0 Å². The number of pyridine rings is 2. The van der Waals surface area contributed by atoms with Gasteiger partial charge >= 0.3 is 0 Å². The molecule has 0 aliphatic carbocycles. The summed E-state index contributed by atoms with van der Waals surface area (Å²) in [6.45, 7) is 0.446. The van der Waals surface area contributed by atoms with E-state index in [1.165, 1.54) is 25.6 Å². The van der Waals surface area contributed by atoms with Gasteiger partial charge < -0.3 is 10.1 Å². The lowest BCUT2D eigenvalue weighted by atomic mass is 10.0. The number of methoxy groups -OCH3 is 1. The molecule has 43 heavy (non-hydrogen) atoms. The van der Waals surface area contributed by atoms with Crippen LogP contribution < -0.4 is 20.3 Å². The van der Waals surface area contributed by atoms with E-state index < -0.39 is 32.5 Å². The quantitative estimate of drug-likeness (QED) is 0.0970. The monoisotopic (exact) mass is 613 g/mol. The maximum absolute atomic E-state index is 14.2. The minimum atomic E-state index is -4.45. The number of aromatic nitrogens is 2. The summed E-state index contributed by atoms with van der Waals surface area (Å²) >= 11 is 0. The molecule has 0 radical (unpaired) electrons. The first-order valence-corrected chi connectivity index (χ1v) is 14.7. The number of hydrogen-bond acceptors (Lipinski definition) is 8. The molecule has 2 aromatic carbocycles. The Morgan fingerprint density at radius 3 is 2.47 bits per heavy atom. The smallest absolute Gasteiger partial charge is 0.264 e. The van der Waals surface area contributed by atoms with Gasteiger partial charge in [-0.1, -0.05) is 18.9 Å². The highest BCUT2D eigenvalue weighted by Crippen LogP contribution is 2.32. The average Bonchev–Trinajstić information content (AvgIpc) is 2.99. The summed E-state index contributed by atoms with van der Waals surface area (Å²) in [5.74, 6) is -2.94. The van der Waals surface area contributed by atoms with Crippen LogP contribution in [0.15, 0.2) is 65.8 Å². The molecule has 0 fully saturated rings. The second-order valence-electron chi connectivity index (χ2n) is 9.55. The van der Waals surface area contributed by atoms with E-state index in [2.05, 4.69) is 20.0 Å². The van der Waals surface area contributed by atoms with Crippen LogP contribution in [0.5, 0.6) is 5.88 Å². The third kappa shape index (κ3) is 7.99. The number of unbranched alkanes of at least 4 members (excludes halogenated alkanes) is 3. The summed E-state index contributed by atoms with van der Waals surface area (Å²) in [7, 11) is -3.16. The third-order valence-electron chi connectivity index (χ3n) is 6.49. The van der Waals surface area contributed by atoms with Crippen LogP contribution in [-0.4, -0.2) is 49.1 Å². The van der Waals surface area contributed by atoms with E-state index in [0.717, 1.165) is 31.4 Å². The molecule has 0 aliphatic heterocycles. The van der Waals surface area contributed by atoms with Gasteiger partial charge in [0, 0.05) is 42.4 Å². The van der Waals surface area contributed by atoms with Crippen molar-refractivity contribution in [2.24, 2.45) is 0 Å². The average molecular weight is 614 g/mol. The third-order valence-corrected chi connectivity index (χ3v) is 7.89. The molecule has 0 saturated carbocycles. The van der Waals surface area contributed by atoms with E-state index >= 15 is 0 Å². The van der Waals surface area contributed by atoms with E-state index in [-0.39, 0.29) is 23.9 Å². The predicted molar refractivity (Wildman–Crippen MR) is 154 cm³/mol. The second kappa shape index (κ2) is 14.0. The van der Waals surface area contributed by atoms with E-state index in [1.54, 1.807) is 29.7 Å². The minimum Gasteiger partial charge on any atom is -0.480 e. The number of hydrogen-bond donors (Lipinski definition) is 4. The van der Waals surface area contributed by atoms with Crippen molar-refractivity contribution in [3.8, 4) is 17.0 Å². The fraction of sp³-hybridized carbons (Fsp3) is 0.241. The van der Waals surface area contributed by atoms with Gasteiger partial charge in [0.05, 0.1) is 18.2 Å². The zero-order valence-corrected chi connectivity index (χ0v) is 23.9. The lowest BCUT2D eigenvalue weighted by Gasteiger charge is -2.13. The zero-order chi connectivity index (χ0) is 31.0. The largest absolute Gasteiger partial charge is 0.480 e. The summed E-state index contributed by atoms with van der Waals surface area (Å²) in [5.41, 5.74) is 3.63. The molecule has 0 saturated heterocycles. The lowest BCUT2D eigenvalue weighted by molar-refractivity contribution is -0.129. The topological polar surface area (TPSA) is 160 Å². The van der Waals surface area contributed by atoms with E-state index in [9.17, 15) is 26.8 Å². The summed E-state index contributed by atoms with van der Waals surface area (Å²) in [6, 6.07) is 10.5. The van der Waals surface area contributed by atoms with Crippen molar-refractivity contribution in [3.63, 3.8) is 0 Å². The van der Waals surface area contributed by atoms with Gasteiger partial charge in [-0.05, 0) is 54.8 Å². The van der Waals surface area contributed by atoms with Crippen molar-refractivity contribution < 1.29 is 36.7 Å². The molecule has 4 rings (SSSR count). The first-order chi connectivity index (χ1) is 20.6. The molecule has 2 heterocycles. The van der Waals surface area contributed by atoms with Crippen LogP contribution >= 0.6 is 0 Å². The first-order valence-electron chi connectivity index (χ1n) is 13.2. The fourth-order valence-corrected chi connectivity index (χ4v) is 5.41. The van der Waals surface area contributed by atoms with Crippen LogP contribution in [0.25, 0.3) is 22.0 Å². The van der Waals surface area contributed by atoms with Crippen LogP contribution in [0.2, 0.25) is 0 Å². The summed E-state index contributed by atoms with van der Waals surface area (Å²) in [4.78, 5) is 31.5. The number of ether oxygens (including phenoxy) is 1. The minimum absolute atomic E-state index is 0.0630. The molecule has 4 aromatic rings. The van der Waals surface area contributed by atoms with Gasteiger partial charge in [-0.25, -0.2) is 27.7 Å². The highest BCUT2D eigenvalue weighted by Gasteiger charge is 2.22. The molecule has 0 aliphatic rings. The molecule has 0 spiro atoms. The Kier molecular flexibility index (Phi) is 10.2. The van der Waals surface area contributed by atoms with E-state index in [4.69, 9.17) is 9.94 Å². The Morgan fingerprint density at radius 2 is 1.72 bits per heavy atom. The lowest BCUT2D eigenvalue weighted by Crippen LogP contribution is -2.24. The number of amides is 2. The molecule has 226 valence electrons. The number of anilines is 1. The second-order valence-corrected chi connectivity index (χ2v) is 11.2. The number of hydroxylamine groups is 1. The highest BCUT2D eigenvalue weighted by atomic mass is 32.2. The Labute approximate surface area is 246 Å². The van der Waals surface area contributed by atoms with Crippen LogP contribution in [0.3, 0.4) is 0 Å². The number of benzene rings is 2. The van der Waals surface area contributed by atoms with Crippen molar-refractivity contribution in [1.29, 1.82) is 0 Å². The van der Waals surface area contributed by atoms with E-state index in [1.807, 2.05) is 0 Å². The van der Waals surface area contributed by atoms with Crippen molar-refractivity contribution in [3.05, 3.63) is 78.1 Å². The maximum Gasteiger partial charge on any atom is 0.264 e. The molecular formula is C29H29F2N5O6S. The Bertz CT molecular complexity index is 1750. The molecule has 0 unspecified atom stereocenters. The zero-order valence-electron chi connectivity index (χ0n) is 23.1. The molecule has 11 nitrogen and oxygen atoms in total. The molecule has 14 heteroatoms. The number of sulfonamides is 1. The van der Waals surface area contributed by atoms with Crippen LogP contribution in [0.1, 0.15) is 42.5 Å². The van der Waals surface area contributed by atoms with Crippen molar-refractivity contribution in [2.75, 3.05) is 18.4 Å². The molecule has 2 amide bonds. The van der Waals surface area contributed by atoms with Crippen molar-refractivity contribution in [2.45, 2.75) is 37.0 Å². The maximum atomic E-state index is 14.2. The predicted octanol–water partition coefficient (Wildman–Crippen LogP) is 4.57. The van der Waals surface area contributed by atoms with Gasteiger partial charge in [0.1, 0.15) is 22.2 Å². The van der Waals surface area contributed by atoms with Gasteiger partial charge in [-0.3, -0.25) is 24.5 Å². The van der Waals surface area contributed by atoms with Crippen LogP contribution in [-0.2, 0) is 14.8 Å². The Hall–Kier alpha value is -4.69. The molecule has 0 bridgehead atoms. The Morgan fingerprint density at radius 1 is 0.930 bits per heavy atom. The van der Waals surface area contributed by atoms with Gasteiger partial charge in [0.25, 0.3) is 15.9 Å². The number of nitrogens with zero attached hydrogens (tertiary/aromatic N) is 2. The number of fused-ring (bicyclic) bond motifs is 1. The molecule has 2 aromatic heterocycles. The van der Waals surface area contributed by atoms with Gasteiger partial charge in [0.2, 0.25) is 11.8 Å². The van der Waals surface area contributed by atoms with Crippen LogP contribution in [0, 0.1) is 11.6 Å². The van der Waals surface area contributed by atoms with Crippen molar-refractivity contribution >= 4 is 38.4 Å². The standard InChI is InChI=1S/C29H29F2N5O6S/c1-42-29-25(36-43(40,41)26-10-8-22(30)15-23(26)31)14-20(16-34-29)18-7-9-24-19(12-18)13-21(17-33-24)28(38)32-11-5-3-2-4-6-27(37)35-39/h7-10,12-17,36,39H,2-6,11H2,1H3,(H,32,38)(H,35,37). The number of nitrogens with one attached hydrogen (secondary N) is 3. The summed E-state index contributed by atoms with van der Waals surface area (Å²) < 4.78 is 60.7. The van der Waals surface area contributed by atoms with Gasteiger partial charge in [0.15, 0.2) is 0 Å². The first kappa shape index (κ1) is 31.3. The molecular weight excluding hydrogens is 584 g/mol. The normalized spacial score (nSPS) is 11.3. The molecule has 4 N–H and O–H groups in total. The fourth-order valence-electron chi connectivity index (χ4n) is 4.30. The summed E-state index contributed by atoms with van der Waals surface area (Å²) in [5, 5.41) is 12.0. The number of carbonyl (C=O) groups excluding carboxylic acids is 2. The van der Waals surface area contributed by atoms with E-state index in [0.29, 0.717) is 46.6 Å². The van der Waals surface area contributed by atoms with Crippen LogP contribution in [0.4, 0.5) is 14.5 Å². The Balaban J connectivity index is 1.48.